The van der Waals surface area contributed by atoms with Crippen molar-refractivity contribution in [3.63, 3.8) is 0 Å². The zero-order chi connectivity index (χ0) is 19.0. The Balaban J connectivity index is 2.23. The Kier molecular flexibility index (Phi) is 8.15. The summed E-state index contributed by atoms with van der Waals surface area (Å²) in [6, 6.07) is 10.6. The molecule has 1 N–H and O–H groups in total. The molecule has 0 fully saturated rings. The van der Waals surface area contributed by atoms with Gasteiger partial charge in [-0.25, -0.2) is 0 Å². The quantitative estimate of drug-likeness (QED) is 0.447. The standard InChI is InChI=1S/C25H38O/c1-5-8-9-11-14-20(4)23-18-17-22(21-15-12-10-13-16-21)19-24(23)25(26,6-2)7-3/h10,12-13,15-20,23-24,26H,5-9,11,14H2,1-4H3/t20?,23-,24+/m1/s1. The number of unbranched alkanes of at least 4 members (excludes halogenated alkanes) is 3. The Bertz CT molecular complexity index is 579. The molecule has 0 spiro atoms. The van der Waals surface area contributed by atoms with Crippen molar-refractivity contribution in [2.75, 3.05) is 0 Å². The van der Waals surface area contributed by atoms with Crippen LogP contribution in [0.3, 0.4) is 0 Å². The van der Waals surface area contributed by atoms with Crippen molar-refractivity contribution < 1.29 is 5.11 Å². The second kappa shape index (κ2) is 10.1. The molecule has 1 aliphatic carbocycles. The highest BCUT2D eigenvalue weighted by Crippen LogP contribution is 2.42. The molecule has 1 aromatic rings. The summed E-state index contributed by atoms with van der Waals surface area (Å²) in [4.78, 5) is 0. The lowest BCUT2D eigenvalue weighted by atomic mass is 9.67. The molecule has 26 heavy (non-hydrogen) atoms. The lowest BCUT2D eigenvalue weighted by molar-refractivity contribution is -0.0305. The molecule has 0 saturated carbocycles. The number of rotatable bonds is 10. The molecule has 1 unspecified atom stereocenters. The molecule has 2 rings (SSSR count). The van der Waals surface area contributed by atoms with Crippen molar-refractivity contribution in [2.24, 2.45) is 17.8 Å². The van der Waals surface area contributed by atoms with Crippen LogP contribution in [0, 0.1) is 17.8 Å². The summed E-state index contributed by atoms with van der Waals surface area (Å²) in [5.74, 6) is 1.22. The van der Waals surface area contributed by atoms with E-state index < -0.39 is 5.60 Å². The summed E-state index contributed by atoms with van der Waals surface area (Å²) in [6.07, 6.45) is 15.1. The lowest BCUT2D eigenvalue weighted by Gasteiger charge is -2.41. The number of hydrogen-bond acceptors (Lipinski definition) is 1. The second-order valence-corrected chi connectivity index (χ2v) is 8.09. The monoisotopic (exact) mass is 354 g/mol. The fourth-order valence-electron chi connectivity index (χ4n) is 4.38. The van der Waals surface area contributed by atoms with Crippen LogP contribution < -0.4 is 0 Å². The third-order valence-electron chi connectivity index (χ3n) is 6.39. The van der Waals surface area contributed by atoms with Crippen LogP contribution in [0.25, 0.3) is 5.57 Å². The van der Waals surface area contributed by atoms with Crippen LogP contribution in [-0.4, -0.2) is 10.7 Å². The molecule has 3 atom stereocenters. The van der Waals surface area contributed by atoms with Crippen LogP contribution in [0.4, 0.5) is 0 Å². The van der Waals surface area contributed by atoms with Gasteiger partial charge in [0.25, 0.3) is 0 Å². The summed E-state index contributed by atoms with van der Waals surface area (Å²) in [6.45, 7) is 8.89. The van der Waals surface area contributed by atoms with Gasteiger partial charge >= 0.3 is 0 Å². The van der Waals surface area contributed by atoms with E-state index in [1.54, 1.807) is 0 Å². The van der Waals surface area contributed by atoms with Gasteiger partial charge in [-0.15, -0.1) is 0 Å². The zero-order valence-electron chi connectivity index (χ0n) is 17.2. The molecular weight excluding hydrogens is 316 g/mol. The minimum atomic E-state index is -0.618. The Morgan fingerprint density at radius 1 is 1.00 bits per heavy atom. The zero-order valence-corrected chi connectivity index (χ0v) is 17.2. The molecule has 0 aromatic heterocycles. The van der Waals surface area contributed by atoms with E-state index in [1.807, 2.05) is 0 Å². The van der Waals surface area contributed by atoms with E-state index >= 15 is 0 Å². The van der Waals surface area contributed by atoms with Crippen molar-refractivity contribution in [3.05, 3.63) is 54.1 Å². The summed E-state index contributed by atoms with van der Waals surface area (Å²) < 4.78 is 0. The highest BCUT2D eigenvalue weighted by atomic mass is 16.3. The summed E-state index contributed by atoms with van der Waals surface area (Å²) >= 11 is 0. The minimum absolute atomic E-state index is 0.193. The van der Waals surface area contributed by atoms with E-state index in [-0.39, 0.29) is 5.92 Å². The van der Waals surface area contributed by atoms with Crippen LogP contribution in [0.15, 0.2) is 48.6 Å². The molecule has 1 nitrogen and oxygen atoms in total. The molecule has 0 aliphatic heterocycles. The molecule has 1 aromatic carbocycles. The first-order chi connectivity index (χ1) is 12.6. The van der Waals surface area contributed by atoms with Gasteiger partial charge in [0.2, 0.25) is 0 Å². The number of aliphatic hydroxyl groups is 1. The Morgan fingerprint density at radius 3 is 2.31 bits per heavy atom. The summed E-state index contributed by atoms with van der Waals surface area (Å²) in [7, 11) is 0. The second-order valence-electron chi connectivity index (χ2n) is 8.09. The van der Waals surface area contributed by atoms with Crippen molar-refractivity contribution >= 4 is 5.57 Å². The fraction of sp³-hybridized carbons (Fsp3) is 0.600. The minimum Gasteiger partial charge on any atom is -0.389 e. The maximum atomic E-state index is 11.4. The van der Waals surface area contributed by atoms with E-state index in [0.29, 0.717) is 11.8 Å². The van der Waals surface area contributed by atoms with Crippen LogP contribution in [0.2, 0.25) is 0 Å². The van der Waals surface area contributed by atoms with Gasteiger partial charge in [0.1, 0.15) is 0 Å². The smallest absolute Gasteiger partial charge is 0.0710 e. The van der Waals surface area contributed by atoms with Gasteiger partial charge < -0.3 is 5.11 Å². The van der Waals surface area contributed by atoms with Gasteiger partial charge in [0, 0.05) is 5.92 Å². The van der Waals surface area contributed by atoms with E-state index in [4.69, 9.17) is 0 Å². The van der Waals surface area contributed by atoms with Crippen molar-refractivity contribution in [1.29, 1.82) is 0 Å². The average molecular weight is 355 g/mol. The Morgan fingerprint density at radius 2 is 1.69 bits per heavy atom. The van der Waals surface area contributed by atoms with E-state index in [0.717, 1.165) is 12.8 Å². The van der Waals surface area contributed by atoms with Crippen molar-refractivity contribution in [2.45, 2.75) is 78.2 Å². The number of benzene rings is 1. The van der Waals surface area contributed by atoms with Gasteiger partial charge in [-0.2, -0.15) is 0 Å². The first-order valence-electron chi connectivity index (χ1n) is 10.7. The highest BCUT2D eigenvalue weighted by Gasteiger charge is 2.39. The third kappa shape index (κ3) is 5.10. The van der Waals surface area contributed by atoms with Gasteiger partial charge in [0.15, 0.2) is 0 Å². The van der Waals surface area contributed by atoms with Crippen molar-refractivity contribution in [3.8, 4) is 0 Å². The van der Waals surface area contributed by atoms with E-state index in [1.165, 1.54) is 43.2 Å². The summed E-state index contributed by atoms with van der Waals surface area (Å²) in [5, 5.41) is 11.4. The SMILES string of the molecule is CCCCCCC(C)[C@H]1C=CC(c2ccccc2)=C[C@@H]1C(O)(CC)CC. The maximum Gasteiger partial charge on any atom is 0.0710 e. The largest absolute Gasteiger partial charge is 0.389 e. The molecule has 0 heterocycles. The van der Waals surface area contributed by atoms with Gasteiger partial charge in [-0.05, 0) is 35.8 Å². The first-order valence-corrected chi connectivity index (χ1v) is 10.7. The number of allylic oxidation sites excluding steroid dienone is 3. The maximum absolute atomic E-state index is 11.4. The molecule has 1 heteroatoms. The van der Waals surface area contributed by atoms with E-state index in [2.05, 4.69) is 76.3 Å². The Hall–Kier alpha value is -1.34. The average Bonchev–Trinajstić information content (AvgIpc) is 2.70. The van der Waals surface area contributed by atoms with Gasteiger partial charge in [0.05, 0.1) is 5.60 Å². The first kappa shape index (κ1) is 21.0. The molecule has 0 saturated heterocycles. The molecule has 0 radical (unpaired) electrons. The summed E-state index contributed by atoms with van der Waals surface area (Å²) in [5.41, 5.74) is 1.88. The highest BCUT2D eigenvalue weighted by molar-refractivity contribution is 5.75. The topological polar surface area (TPSA) is 20.2 Å². The fourth-order valence-corrected chi connectivity index (χ4v) is 4.38. The predicted molar refractivity (Wildman–Crippen MR) is 114 cm³/mol. The molecule has 1 aliphatic rings. The van der Waals surface area contributed by atoms with Gasteiger partial charge in [-0.3, -0.25) is 0 Å². The lowest BCUT2D eigenvalue weighted by Crippen LogP contribution is -2.42. The van der Waals surface area contributed by atoms with Crippen LogP contribution in [0.5, 0.6) is 0 Å². The number of hydrogen-bond donors (Lipinski definition) is 1. The third-order valence-corrected chi connectivity index (χ3v) is 6.39. The predicted octanol–water partition coefficient (Wildman–Crippen LogP) is 7.03. The molecule has 144 valence electrons. The van der Waals surface area contributed by atoms with Crippen LogP contribution >= 0.6 is 0 Å². The normalized spacial score (nSPS) is 21.5. The van der Waals surface area contributed by atoms with Crippen molar-refractivity contribution in [1.82, 2.24) is 0 Å². The molecular formula is C25H38O. The van der Waals surface area contributed by atoms with E-state index in [9.17, 15) is 5.11 Å². The van der Waals surface area contributed by atoms with Gasteiger partial charge in [-0.1, -0.05) is 108 Å². The van der Waals surface area contributed by atoms with Crippen LogP contribution in [-0.2, 0) is 0 Å². The molecule has 0 amide bonds. The van der Waals surface area contributed by atoms with Crippen LogP contribution in [0.1, 0.15) is 78.2 Å². The Labute approximate surface area is 161 Å². The molecule has 0 bridgehead atoms.